The topological polar surface area (TPSA) is 52.9 Å². The smallest absolute Gasteiger partial charge is 0.195 e. The molecule has 0 bridgehead atoms. The van der Waals surface area contributed by atoms with E-state index in [-0.39, 0.29) is 5.43 Å². The van der Waals surface area contributed by atoms with Gasteiger partial charge in [0.2, 0.25) is 0 Å². The number of nitrogens with one attached hydrogen (secondary N) is 1. The Bertz CT molecular complexity index is 906. The van der Waals surface area contributed by atoms with E-state index in [1.807, 2.05) is 25.1 Å². The molecular weight excluding hydrogens is 268 g/mol. The largest absolute Gasteiger partial charge is 0.385 e. The molecule has 1 heterocycles. The van der Waals surface area contributed by atoms with Crippen LogP contribution in [0.25, 0.3) is 20.2 Å². The lowest BCUT2D eigenvalue weighted by molar-refractivity contribution is 1.22. The number of anilines is 1. The molecule has 0 aliphatic rings. The zero-order valence-corrected chi connectivity index (χ0v) is 11.8. The number of nitriles is 1. The van der Waals surface area contributed by atoms with Crippen molar-refractivity contribution in [3.63, 3.8) is 0 Å². The highest BCUT2D eigenvalue weighted by Crippen LogP contribution is 2.27. The summed E-state index contributed by atoms with van der Waals surface area (Å²) in [6.45, 7) is 2.84. The van der Waals surface area contributed by atoms with Crippen molar-refractivity contribution in [1.82, 2.24) is 0 Å². The van der Waals surface area contributed by atoms with Crippen LogP contribution in [0.3, 0.4) is 0 Å². The molecule has 0 saturated heterocycles. The molecular formula is C16H12N2OS. The van der Waals surface area contributed by atoms with Gasteiger partial charge in [-0.1, -0.05) is 0 Å². The Labute approximate surface area is 120 Å². The minimum Gasteiger partial charge on any atom is -0.385 e. The van der Waals surface area contributed by atoms with Gasteiger partial charge in [-0.05, 0) is 43.3 Å². The third kappa shape index (κ3) is 2.02. The number of hydrogen-bond acceptors (Lipinski definition) is 4. The van der Waals surface area contributed by atoms with Crippen LogP contribution in [-0.2, 0) is 0 Å². The van der Waals surface area contributed by atoms with Gasteiger partial charge >= 0.3 is 0 Å². The Morgan fingerprint density at radius 2 is 2.00 bits per heavy atom. The van der Waals surface area contributed by atoms with E-state index < -0.39 is 0 Å². The molecule has 3 aromatic rings. The molecule has 0 fully saturated rings. The molecule has 0 atom stereocenters. The van der Waals surface area contributed by atoms with Crippen molar-refractivity contribution in [3.05, 3.63) is 52.2 Å². The second kappa shape index (κ2) is 4.95. The molecule has 20 heavy (non-hydrogen) atoms. The summed E-state index contributed by atoms with van der Waals surface area (Å²) in [5, 5.41) is 13.6. The predicted molar refractivity (Wildman–Crippen MR) is 84.5 cm³/mol. The van der Waals surface area contributed by atoms with Crippen molar-refractivity contribution >= 4 is 37.2 Å². The maximum absolute atomic E-state index is 12.5. The van der Waals surface area contributed by atoms with E-state index in [0.29, 0.717) is 10.9 Å². The van der Waals surface area contributed by atoms with Crippen LogP contribution in [0, 0.1) is 11.3 Å². The highest BCUT2D eigenvalue weighted by atomic mass is 32.1. The number of rotatable bonds is 2. The van der Waals surface area contributed by atoms with E-state index in [4.69, 9.17) is 5.26 Å². The molecule has 3 nitrogen and oxygen atoms in total. The number of nitrogens with zero attached hydrogens (tertiary/aromatic N) is 1. The Kier molecular flexibility index (Phi) is 3.13. The summed E-state index contributed by atoms with van der Waals surface area (Å²) in [4.78, 5) is 12.5. The van der Waals surface area contributed by atoms with Gasteiger partial charge in [-0.3, -0.25) is 4.79 Å². The van der Waals surface area contributed by atoms with Crippen LogP contribution in [0.15, 0.2) is 41.2 Å². The summed E-state index contributed by atoms with van der Waals surface area (Å²) in [7, 11) is 0. The van der Waals surface area contributed by atoms with Crippen molar-refractivity contribution in [2.24, 2.45) is 0 Å². The van der Waals surface area contributed by atoms with E-state index in [1.54, 1.807) is 29.5 Å². The van der Waals surface area contributed by atoms with Gasteiger partial charge in [-0.25, -0.2) is 0 Å². The minimum atomic E-state index is 0.0259. The van der Waals surface area contributed by atoms with Gasteiger partial charge in [-0.2, -0.15) is 5.26 Å². The van der Waals surface area contributed by atoms with Gasteiger partial charge in [0.05, 0.1) is 11.6 Å². The van der Waals surface area contributed by atoms with Gasteiger partial charge in [0.25, 0.3) is 0 Å². The molecule has 0 radical (unpaired) electrons. The normalized spacial score (nSPS) is 10.6. The number of fused-ring (bicyclic) bond motifs is 2. The van der Waals surface area contributed by atoms with Gasteiger partial charge in [-0.15, -0.1) is 11.3 Å². The van der Waals surface area contributed by atoms with E-state index in [2.05, 4.69) is 11.4 Å². The first kappa shape index (κ1) is 12.6. The van der Waals surface area contributed by atoms with Crippen molar-refractivity contribution in [3.8, 4) is 6.07 Å². The zero-order chi connectivity index (χ0) is 14.1. The molecule has 4 heteroatoms. The van der Waals surface area contributed by atoms with Crippen LogP contribution in [0.5, 0.6) is 0 Å². The predicted octanol–water partition coefficient (Wildman–Crippen LogP) is 3.72. The van der Waals surface area contributed by atoms with E-state index in [9.17, 15) is 4.79 Å². The first-order valence-corrected chi connectivity index (χ1v) is 7.19. The summed E-state index contributed by atoms with van der Waals surface area (Å²) < 4.78 is 1.80. The van der Waals surface area contributed by atoms with E-state index in [1.165, 1.54) is 0 Å². The number of hydrogen-bond donors (Lipinski definition) is 1. The maximum Gasteiger partial charge on any atom is 0.195 e. The lowest BCUT2D eigenvalue weighted by Gasteiger charge is -2.05. The SMILES string of the molecule is CCNc1ccc2sc3cc(C#N)ccc3c(=O)c2c1. The van der Waals surface area contributed by atoms with Crippen molar-refractivity contribution < 1.29 is 0 Å². The van der Waals surface area contributed by atoms with Gasteiger partial charge in [0.15, 0.2) is 5.43 Å². The molecule has 98 valence electrons. The van der Waals surface area contributed by atoms with Gasteiger partial charge in [0, 0.05) is 32.4 Å². The van der Waals surface area contributed by atoms with Gasteiger partial charge < -0.3 is 5.32 Å². The molecule has 0 aliphatic heterocycles. The fourth-order valence-electron chi connectivity index (χ4n) is 2.24. The second-order valence-electron chi connectivity index (χ2n) is 4.50. The average molecular weight is 280 g/mol. The first-order valence-electron chi connectivity index (χ1n) is 6.37. The monoisotopic (exact) mass is 280 g/mol. The number of benzene rings is 2. The molecule has 0 unspecified atom stereocenters. The highest BCUT2D eigenvalue weighted by Gasteiger charge is 2.07. The standard InChI is InChI=1S/C16H12N2OS/c1-2-18-11-4-6-14-13(8-11)16(19)12-5-3-10(9-17)7-15(12)20-14/h3-8,18H,2H2,1H3. The van der Waals surface area contributed by atoms with Crippen LogP contribution < -0.4 is 10.7 Å². The van der Waals surface area contributed by atoms with E-state index in [0.717, 1.165) is 27.0 Å². The van der Waals surface area contributed by atoms with Crippen LogP contribution in [-0.4, -0.2) is 6.54 Å². The molecule has 2 aromatic carbocycles. The maximum atomic E-state index is 12.5. The summed E-state index contributed by atoms with van der Waals surface area (Å²) >= 11 is 1.54. The molecule has 0 spiro atoms. The fourth-order valence-corrected chi connectivity index (χ4v) is 3.33. The van der Waals surface area contributed by atoms with Crippen LogP contribution in [0.4, 0.5) is 5.69 Å². The zero-order valence-electron chi connectivity index (χ0n) is 10.9. The molecule has 1 aromatic heterocycles. The average Bonchev–Trinajstić information content (AvgIpc) is 2.48. The van der Waals surface area contributed by atoms with Crippen LogP contribution in [0.2, 0.25) is 0 Å². The third-order valence-corrected chi connectivity index (χ3v) is 4.31. The summed E-state index contributed by atoms with van der Waals surface area (Å²) in [6, 6.07) is 13.1. The van der Waals surface area contributed by atoms with Crippen molar-refractivity contribution in [2.75, 3.05) is 11.9 Å². The Morgan fingerprint density at radius 3 is 2.75 bits per heavy atom. The lowest BCUT2D eigenvalue weighted by Crippen LogP contribution is -2.03. The molecule has 3 rings (SSSR count). The Hall–Kier alpha value is -2.38. The fraction of sp³-hybridized carbons (Fsp3) is 0.125. The summed E-state index contributed by atoms with van der Waals surface area (Å²) in [6.07, 6.45) is 0. The quantitative estimate of drug-likeness (QED) is 0.728. The van der Waals surface area contributed by atoms with Crippen LogP contribution >= 0.6 is 11.3 Å². The summed E-state index contributed by atoms with van der Waals surface area (Å²) in [5.74, 6) is 0. The van der Waals surface area contributed by atoms with Crippen LogP contribution in [0.1, 0.15) is 12.5 Å². The molecule has 0 amide bonds. The Morgan fingerprint density at radius 1 is 1.15 bits per heavy atom. The molecule has 1 N–H and O–H groups in total. The lowest BCUT2D eigenvalue weighted by atomic mass is 10.1. The van der Waals surface area contributed by atoms with E-state index >= 15 is 0 Å². The van der Waals surface area contributed by atoms with Gasteiger partial charge in [0.1, 0.15) is 0 Å². The molecule has 0 aliphatic carbocycles. The molecule has 0 saturated carbocycles. The van der Waals surface area contributed by atoms with Crippen molar-refractivity contribution in [2.45, 2.75) is 6.92 Å². The first-order chi connectivity index (χ1) is 9.72. The summed E-state index contributed by atoms with van der Waals surface area (Å²) in [5.41, 5.74) is 1.56. The second-order valence-corrected chi connectivity index (χ2v) is 5.58. The Balaban J connectivity index is 2.35. The van der Waals surface area contributed by atoms with Crippen molar-refractivity contribution in [1.29, 1.82) is 5.26 Å². The minimum absolute atomic E-state index is 0.0259. The highest BCUT2D eigenvalue weighted by molar-refractivity contribution is 7.24. The third-order valence-electron chi connectivity index (χ3n) is 3.18.